The number of hydrazone groups is 1. The van der Waals surface area contributed by atoms with Crippen molar-refractivity contribution in [3.63, 3.8) is 0 Å². The molecular weight excluding hydrogens is 350 g/mol. The topological polar surface area (TPSA) is 135 Å². The number of aromatic amines is 1. The minimum absolute atomic E-state index is 0.248. The first-order valence-electron chi connectivity index (χ1n) is 7.01. The molecule has 0 bridgehead atoms. The number of aromatic nitrogens is 2. The minimum atomic E-state index is -3.36. The third-order valence-corrected chi connectivity index (χ3v) is 4.56. The molecule has 2 aromatic heterocycles. The summed E-state index contributed by atoms with van der Waals surface area (Å²) >= 11 is 0. The lowest BCUT2D eigenvalue weighted by Crippen LogP contribution is -2.15. The maximum absolute atomic E-state index is 11.5. The van der Waals surface area contributed by atoms with E-state index in [1.807, 2.05) is 0 Å². The van der Waals surface area contributed by atoms with E-state index >= 15 is 0 Å². The predicted molar refractivity (Wildman–Crippen MR) is 88.8 cm³/mol. The van der Waals surface area contributed by atoms with E-state index in [0.29, 0.717) is 22.7 Å². The number of nitro groups is 1. The van der Waals surface area contributed by atoms with Crippen molar-refractivity contribution in [2.45, 2.75) is 13.8 Å². The van der Waals surface area contributed by atoms with E-state index in [9.17, 15) is 18.5 Å². The number of rotatable bonds is 4. The molecule has 0 amide bonds. The van der Waals surface area contributed by atoms with Crippen LogP contribution in [-0.4, -0.2) is 34.3 Å². The fraction of sp³-hybridized carbons (Fsp3) is 0.143. The summed E-state index contributed by atoms with van der Waals surface area (Å²) in [5.74, 6) is -0.133. The van der Waals surface area contributed by atoms with Crippen LogP contribution in [0.1, 0.15) is 19.4 Å². The van der Waals surface area contributed by atoms with Crippen LogP contribution in [0.5, 0.6) is 0 Å². The second-order valence-corrected chi connectivity index (χ2v) is 6.90. The number of nitrogens with one attached hydrogen (secondary N) is 1. The molecule has 0 fully saturated rings. The molecule has 1 aliphatic rings. The van der Waals surface area contributed by atoms with Crippen LogP contribution < -0.4 is 0 Å². The molecule has 0 aromatic carbocycles. The van der Waals surface area contributed by atoms with Crippen LogP contribution >= 0.6 is 0 Å². The summed E-state index contributed by atoms with van der Waals surface area (Å²) < 4.78 is 28.2. The zero-order valence-corrected chi connectivity index (χ0v) is 14.0. The molecule has 1 N–H and O–H groups in total. The van der Waals surface area contributed by atoms with Crippen LogP contribution in [0.3, 0.4) is 0 Å². The van der Waals surface area contributed by atoms with E-state index in [2.05, 4.69) is 15.3 Å². The number of sulfone groups is 1. The van der Waals surface area contributed by atoms with Gasteiger partial charge in [-0.3, -0.25) is 15.2 Å². The first-order chi connectivity index (χ1) is 11.8. The number of nitrogens with zero attached hydrogens (tertiary/aromatic N) is 4. The second kappa shape index (κ2) is 6.02. The second-order valence-electron chi connectivity index (χ2n) is 5.22. The Morgan fingerprint density at radius 3 is 2.84 bits per heavy atom. The van der Waals surface area contributed by atoms with E-state index in [0.717, 1.165) is 10.8 Å². The summed E-state index contributed by atoms with van der Waals surface area (Å²) in [4.78, 5) is 10.1. The maximum Gasteiger partial charge on any atom is 0.433 e. The molecule has 0 radical (unpaired) electrons. The van der Waals surface area contributed by atoms with E-state index in [1.54, 1.807) is 13.8 Å². The van der Waals surface area contributed by atoms with Gasteiger partial charge >= 0.3 is 5.88 Å². The molecule has 0 atom stereocenters. The molecule has 25 heavy (non-hydrogen) atoms. The molecule has 130 valence electrons. The quantitative estimate of drug-likeness (QED) is 0.500. The average Bonchev–Trinajstić information content (AvgIpc) is 3.17. The molecule has 2 aromatic rings. The molecule has 0 unspecified atom stereocenters. The van der Waals surface area contributed by atoms with Crippen molar-refractivity contribution in [3.05, 3.63) is 56.7 Å². The Morgan fingerprint density at radius 1 is 1.44 bits per heavy atom. The Balaban J connectivity index is 1.94. The summed E-state index contributed by atoms with van der Waals surface area (Å²) in [6.45, 7) is 3.32. The molecule has 0 spiro atoms. The van der Waals surface area contributed by atoms with E-state index in [-0.39, 0.29) is 11.6 Å². The predicted octanol–water partition coefficient (Wildman–Crippen LogP) is 2.36. The van der Waals surface area contributed by atoms with Gasteiger partial charge in [-0.1, -0.05) is 0 Å². The molecule has 3 rings (SSSR count). The van der Waals surface area contributed by atoms with Crippen molar-refractivity contribution in [2.75, 3.05) is 0 Å². The van der Waals surface area contributed by atoms with Gasteiger partial charge in [0.05, 0.1) is 34.5 Å². The number of allylic oxidation sites excluding steroid dienone is 1. The number of H-pyrrole nitrogens is 1. The Kier molecular flexibility index (Phi) is 4.00. The highest BCUT2D eigenvalue weighted by molar-refractivity contribution is 7.97. The molecule has 0 saturated carbocycles. The van der Waals surface area contributed by atoms with Crippen molar-refractivity contribution in [3.8, 4) is 11.5 Å². The van der Waals surface area contributed by atoms with Crippen molar-refractivity contribution in [1.82, 2.24) is 15.2 Å². The highest BCUT2D eigenvalue weighted by Crippen LogP contribution is 2.27. The fourth-order valence-electron chi connectivity index (χ4n) is 2.23. The smallest absolute Gasteiger partial charge is 0.399 e. The van der Waals surface area contributed by atoms with Crippen LogP contribution in [0.25, 0.3) is 11.5 Å². The van der Waals surface area contributed by atoms with Crippen LogP contribution in [0.2, 0.25) is 0 Å². The van der Waals surface area contributed by atoms with Crippen LogP contribution in [-0.2, 0) is 9.84 Å². The average molecular weight is 363 g/mol. The molecule has 3 heterocycles. The number of hydrogen-bond acceptors (Lipinski definition) is 8. The van der Waals surface area contributed by atoms with Gasteiger partial charge in [0.25, 0.3) is 0 Å². The van der Waals surface area contributed by atoms with Gasteiger partial charge in [-0.2, -0.15) is 10.2 Å². The van der Waals surface area contributed by atoms with Crippen LogP contribution in [0.4, 0.5) is 5.88 Å². The Labute approximate surface area is 142 Å². The number of furan rings is 1. The molecular formula is C14H13N5O5S. The van der Waals surface area contributed by atoms with E-state index < -0.39 is 14.8 Å². The summed E-state index contributed by atoms with van der Waals surface area (Å²) in [7, 11) is -3.36. The third-order valence-electron chi connectivity index (χ3n) is 3.39. The van der Waals surface area contributed by atoms with Crippen LogP contribution in [0.15, 0.2) is 50.6 Å². The summed E-state index contributed by atoms with van der Waals surface area (Å²) in [5, 5.41) is 25.3. The lowest BCUT2D eigenvalue weighted by atomic mass is 10.1. The van der Waals surface area contributed by atoms with E-state index in [4.69, 9.17) is 4.42 Å². The Morgan fingerprint density at radius 2 is 2.20 bits per heavy atom. The van der Waals surface area contributed by atoms with Crippen LogP contribution in [0, 0.1) is 10.1 Å². The third kappa shape index (κ3) is 3.35. The molecule has 0 saturated heterocycles. The first kappa shape index (κ1) is 16.6. The normalized spacial score (nSPS) is 16.8. The Bertz CT molecular complexity index is 1030. The molecule has 0 aliphatic carbocycles. The van der Waals surface area contributed by atoms with Crippen molar-refractivity contribution < 1.29 is 17.8 Å². The van der Waals surface area contributed by atoms with Crippen molar-refractivity contribution in [2.24, 2.45) is 5.10 Å². The van der Waals surface area contributed by atoms with Gasteiger partial charge in [0.1, 0.15) is 10.6 Å². The van der Waals surface area contributed by atoms with Gasteiger partial charge in [-0.25, -0.2) is 13.4 Å². The summed E-state index contributed by atoms with van der Waals surface area (Å²) in [5.41, 5.74) is 1.95. The fourth-order valence-corrected chi connectivity index (χ4v) is 3.17. The lowest BCUT2D eigenvalue weighted by molar-refractivity contribution is -0.401. The highest BCUT2D eigenvalue weighted by atomic mass is 32.2. The highest BCUT2D eigenvalue weighted by Gasteiger charge is 2.19. The minimum Gasteiger partial charge on any atom is -0.399 e. The number of hydrogen-bond donors (Lipinski definition) is 1. The maximum atomic E-state index is 11.5. The summed E-state index contributed by atoms with van der Waals surface area (Å²) in [6.07, 6.45) is 2.84. The molecule has 11 heteroatoms. The summed E-state index contributed by atoms with van der Waals surface area (Å²) in [6, 6.07) is 2.71. The van der Waals surface area contributed by atoms with Gasteiger partial charge in [0.15, 0.2) is 15.6 Å². The van der Waals surface area contributed by atoms with Gasteiger partial charge in [-0.05, 0) is 19.9 Å². The molecule has 10 nitrogen and oxygen atoms in total. The Hall–Kier alpha value is -3.21. The monoisotopic (exact) mass is 363 g/mol. The van der Waals surface area contributed by atoms with Gasteiger partial charge < -0.3 is 4.42 Å². The van der Waals surface area contributed by atoms with Crippen molar-refractivity contribution >= 4 is 21.4 Å². The van der Waals surface area contributed by atoms with Gasteiger partial charge in [0, 0.05) is 11.8 Å². The van der Waals surface area contributed by atoms with E-state index in [1.165, 1.54) is 29.5 Å². The lowest BCUT2D eigenvalue weighted by Gasteiger charge is -2.18. The zero-order chi connectivity index (χ0) is 18.2. The van der Waals surface area contributed by atoms with Crippen molar-refractivity contribution in [1.29, 1.82) is 0 Å². The SMILES string of the molecule is CC1=CS(=O)(=O)C=CN1N=C(C)c1cn[nH]c1-c1ccc([N+](=O)[O-])o1. The molecule has 1 aliphatic heterocycles. The zero-order valence-electron chi connectivity index (χ0n) is 13.2. The standard InChI is InChI=1S/C14H13N5O5S/c1-9-8-25(22,23)6-5-18(9)17-10(2)11-7-15-16-14(11)12-3-4-13(24-12)19(20)21/h3-8H,1-2H3,(H,15,16). The van der Waals surface area contributed by atoms with Gasteiger partial charge in [-0.15, -0.1) is 0 Å². The largest absolute Gasteiger partial charge is 0.433 e. The van der Waals surface area contributed by atoms with Gasteiger partial charge in [0.2, 0.25) is 0 Å². The first-order valence-corrected chi connectivity index (χ1v) is 8.62.